The second-order valence-corrected chi connectivity index (χ2v) is 7.24. The van der Waals surface area contributed by atoms with Crippen molar-refractivity contribution in [3.63, 3.8) is 0 Å². The van der Waals surface area contributed by atoms with Crippen LogP contribution < -0.4 is 5.56 Å². The lowest BCUT2D eigenvalue weighted by Crippen LogP contribution is -2.31. The van der Waals surface area contributed by atoms with Crippen molar-refractivity contribution in [2.24, 2.45) is 0 Å². The molecule has 1 aromatic heterocycles. The minimum absolute atomic E-state index is 0.0248. The largest absolute Gasteiger partial charge is 0.268 e. The van der Waals surface area contributed by atoms with E-state index in [1.807, 2.05) is 48.7 Å². The van der Waals surface area contributed by atoms with Gasteiger partial charge in [0.05, 0.1) is 16.9 Å². The van der Waals surface area contributed by atoms with Crippen molar-refractivity contribution < 1.29 is 0 Å². The summed E-state index contributed by atoms with van der Waals surface area (Å²) in [5.74, 6) is 0. The smallest absolute Gasteiger partial charge is 0.263 e. The predicted octanol–water partition coefficient (Wildman–Crippen LogP) is 4.26. The van der Waals surface area contributed by atoms with E-state index < -0.39 is 0 Å². The van der Waals surface area contributed by atoms with Gasteiger partial charge in [-0.2, -0.15) is 0 Å². The summed E-state index contributed by atoms with van der Waals surface area (Å²) in [5, 5.41) is 0.720. The Morgan fingerprint density at radius 2 is 1.67 bits per heavy atom. The van der Waals surface area contributed by atoms with E-state index in [2.05, 4.69) is 26.0 Å². The van der Waals surface area contributed by atoms with Crippen LogP contribution in [-0.4, -0.2) is 15.8 Å². The topological polar surface area (TPSA) is 34.9 Å². The Labute approximate surface area is 145 Å². The van der Waals surface area contributed by atoms with Gasteiger partial charge in [0.15, 0.2) is 5.16 Å². The van der Waals surface area contributed by atoms with E-state index in [1.54, 1.807) is 4.57 Å². The zero-order chi connectivity index (χ0) is 16.9. The molecule has 0 saturated carbocycles. The maximum absolute atomic E-state index is 13.4. The molecule has 24 heavy (non-hydrogen) atoms. The van der Waals surface area contributed by atoms with Gasteiger partial charge in [-0.1, -0.05) is 68.1 Å². The first-order valence-corrected chi connectivity index (χ1v) is 9.15. The van der Waals surface area contributed by atoms with Crippen LogP contribution in [0.2, 0.25) is 0 Å². The molecule has 0 radical (unpaired) electrons. The first-order valence-electron chi connectivity index (χ1n) is 7.92. The normalized spacial score (nSPS) is 14.3. The number of nitrogens with zero attached hydrogens (tertiary/aromatic N) is 2. The van der Waals surface area contributed by atoms with Crippen LogP contribution in [0.25, 0.3) is 16.9 Å². The average Bonchev–Trinajstić information content (AvgIpc) is 2.83. The maximum Gasteiger partial charge on any atom is 0.263 e. The van der Waals surface area contributed by atoms with Crippen LogP contribution in [0.5, 0.6) is 0 Å². The summed E-state index contributed by atoms with van der Waals surface area (Å²) in [6.07, 6.45) is 1.96. The molecule has 0 saturated heterocycles. The Kier molecular flexibility index (Phi) is 3.39. The van der Waals surface area contributed by atoms with Crippen molar-refractivity contribution in [2.45, 2.75) is 24.4 Å². The van der Waals surface area contributed by atoms with E-state index in [1.165, 1.54) is 17.3 Å². The molecule has 0 unspecified atom stereocenters. The zero-order valence-corrected chi connectivity index (χ0v) is 14.7. The Morgan fingerprint density at radius 3 is 2.38 bits per heavy atom. The molecule has 0 bridgehead atoms. The Bertz CT molecular complexity index is 990. The summed E-state index contributed by atoms with van der Waals surface area (Å²) >= 11 is 1.50. The van der Waals surface area contributed by atoms with Crippen LogP contribution in [0.3, 0.4) is 0 Å². The molecule has 0 amide bonds. The van der Waals surface area contributed by atoms with Crippen LogP contribution >= 0.6 is 11.8 Å². The SMILES string of the molecule is CSc1nc2c(c(=O)n1-c1ccccc1)C(C)(C)c1ccccc1-2. The summed E-state index contributed by atoms with van der Waals surface area (Å²) in [6.45, 7) is 4.21. The highest BCUT2D eigenvalue weighted by Gasteiger charge is 2.40. The number of fused-ring (bicyclic) bond motifs is 3. The number of thioether (sulfide) groups is 1. The minimum atomic E-state index is -0.344. The lowest BCUT2D eigenvalue weighted by atomic mass is 9.83. The van der Waals surface area contributed by atoms with Crippen LogP contribution in [0, 0.1) is 0 Å². The number of aromatic nitrogens is 2. The second kappa shape index (κ2) is 5.35. The highest BCUT2D eigenvalue weighted by molar-refractivity contribution is 7.98. The van der Waals surface area contributed by atoms with Gasteiger partial charge < -0.3 is 0 Å². The molecule has 4 rings (SSSR count). The van der Waals surface area contributed by atoms with Gasteiger partial charge in [0.2, 0.25) is 0 Å². The molecule has 1 heterocycles. The molecular formula is C20H18N2OS. The Morgan fingerprint density at radius 1 is 1.00 bits per heavy atom. The summed E-state index contributed by atoms with van der Waals surface area (Å²) in [7, 11) is 0. The number of rotatable bonds is 2. The fourth-order valence-electron chi connectivity index (χ4n) is 3.57. The number of para-hydroxylation sites is 1. The summed E-state index contributed by atoms with van der Waals surface area (Å²) in [5.41, 5.74) is 4.39. The second-order valence-electron chi connectivity index (χ2n) is 6.47. The molecule has 0 N–H and O–H groups in total. The summed E-state index contributed by atoms with van der Waals surface area (Å²) in [6, 6.07) is 17.9. The van der Waals surface area contributed by atoms with Crippen molar-refractivity contribution >= 4 is 11.8 Å². The number of hydrogen-bond acceptors (Lipinski definition) is 3. The Balaban J connectivity index is 2.11. The molecule has 1 aliphatic carbocycles. The lowest BCUT2D eigenvalue weighted by Gasteiger charge is -2.21. The van der Waals surface area contributed by atoms with Crippen molar-refractivity contribution in [1.82, 2.24) is 9.55 Å². The molecule has 120 valence electrons. The molecule has 3 nitrogen and oxygen atoms in total. The third-order valence-corrected chi connectivity index (χ3v) is 5.37. The molecule has 3 aromatic rings. The monoisotopic (exact) mass is 334 g/mol. The van der Waals surface area contributed by atoms with Gasteiger partial charge in [-0.15, -0.1) is 0 Å². The van der Waals surface area contributed by atoms with Crippen molar-refractivity contribution in [2.75, 3.05) is 6.26 Å². The third kappa shape index (κ3) is 1.99. The van der Waals surface area contributed by atoms with Gasteiger partial charge in [-0.3, -0.25) is 9.36 Å². The summed E-state index contributed by atoms with van der Waals surface area (Å²) in [4.78, 5) is 18.3. The van der Waals surface area contributed by atoms with E-state index in [0.29, 0.717) is 0 Å². The molecular weight excluding hydrogens is 316 g/mol. The van der Waals surface area contributed by atoms with E-state index in [0.717, 1.165) is 27.7 Å². The van der Waals surface area contributed by atoms with Crippen LogP contribution in [0.15, 0.2) is 64.5 Å². The predicted molar refractivity (Wildman–Crippen MR) is 99.2 cm³/mol. The van der Waals surface area contributed by atoms with Crippen molar-refractivity contribution in [1.29, 1.82) is 0 Å². The van der Waals surface area contributed by atoms with Gasteiger partial charge in [0, 0.05) is 11.0 Å². The van der Waals surface area contributed by atoms with Gasteiger partial charge in [-0.25, -0.2) is 4.98 Å². The molecule has 2 aromatic carbocycles. The van der Waals surface area contributed by atoms with E-state index in [9.17, 15) is 4.79 Å². The van der Waals surface area contributed by atoms with Gasteiger partial charge in [-0.05, 0) is 24.0 Å². The lowest BCUT2D eigenvalue weighted by molar-refractivity contribution is 0.631. The average molecular weight is 334 g/mol. The number of hydrogen-bond donors (Lipinski definition) is 0. The van der Waals surface area contributed by atoms with Crippen LogP contribution in [-0.2, 0) is 5.41 Å². The van der Waals surface area contributed by atoms with Crippen molar-refractivity contribution in [3.8, 4) is 16.9 Å². The van der Waals surface area contributed by atoms with Gasteiger partial charge in [0.1, 0.15) is 0 Å². The quantitative estimate of drug-likeness (QED) is 0.519. The Hall–Kier alpha value is -2.33. The van der Waals surface area contributed by atoms with E-state index >= 15 is 0 Å². The standard InChI is InChI=1S/C20H18N2OS/c1-20(2)15-12-8-7-11-14(15)17-16(20)18(23)22(19(21-17)24-3)13-9-5-4-6-10-13/h4-12H,1-3H3. The van der Waals surface area contributed by atoms with E-state index in [-0.39, 0.29) is 11.0 Å². The number of benzene rings is 2. The van der Waals surface area contributed by atoms with Crippen LogP contribution in [0.4, 0.5) is 0 Å². The first kappa shape index (κ1) is 15.2. The van der Waals surface area contributed by atoms with Gasteiger partial charge in [0.25, 0.3) is 5.56 Å². The highest BCUT2D eigenvalue weighted by atomic mass is 32.2. The fourth-order valence-corrected chi connectivity index (χ4v) is 4.12. The van der Waals surface area contributed by atoms with Gasteiger partial charge >= 0.3 is 0 Å². The third-order valence-electron chi connectivity index (χ3n) is 4.73. The molecule has 0 fully saturated rings. The minimum Gasteiger partial charge on any atom is -0.268 e. The zero-order valence-electron chi connectivity index (χ0n) is 13.9. The van der Waals surface area contributed by atoms with Crippen molar-refractivity contribution in [3.05, 3.63) is 76.1 Å². The fraction of sp³-hybridized carbons (Fsp3) is 0.200. The summed E-state index contributed by atoms with van der Waals surface area (Å²) < 4.78 is 1.73. The van der Waals surface area contributed by atoms with Crippen LogP contribution in [0.1, 0.15) is 25.0 Å². The molecule has 1 aliphatic rings. The molecule has 0 aliphatic heterocycles. The maximum atomic E-state index is 13.4. The molecule has 0 atom stereocenters. The molecule has 0 spiro atoms. The first-order chi connectivity index (χ1) is 11.6. The highest BCUT2D eigenvalue weighted by Crippen LogP contribution is 2.46. The molecule has 4 heteroatoms. The van der Waals surface area contributed by atoms with E-state index in [4.69, 9.17) is 4.98 Å².